The summed E-state index contributed by atoms with van der Waals surface area (Å²) in [6.07, 6.45) is 3.30. The van der Waals surface area contributed by atoms with Gasteiger partial charge in [-0.05, 0) is 48.6 Å². The molecule has 144 valence electrons. The minimum atomic E-state index is -0.608. The average Bonchev–Trinajstić information content (AvgIpc) is 3.13. The van der Waals surface area contributed by atoms with Crippen LogP contribution in [0.1, 0.15) is 40.9 Å². The van der Waals surface area contributed by atoms with Crippen LogP contribution in [0.3, 0.4) is 0 Å². The number of anilines is 2. The molecule has 7 heteroatoms. The molecule has 1 aromatic carbocycles. The van der Waals surface area contributed by atoms with Gasteiger partial charge in [-0.2, -0.15) is 0 Å². The molecule has 1 fully saturated rings. The standard InChI is InChI=1S/C21H22N4O3/c22-20(28)17-9-8-15-5-2-11-25(21(15)23-17)19(27)13-14-4-1-6-16(12-14)24-10-3-7-18(24)26/h1,4,6,8-9,12H,2-3,5,7,10-11,13H2,(H2,22,28). The molecule has 0 unspecified atom stereocenters. The lowest BCUT2D eigenvalue weighted by Crippen LogP contribution is -2.37. The summed E-state index contributed by atoms with van der Waals surface area (Å²) >= 11 is 0. The minimum absolute atomic E-state index is 0.0834. The third-order valence-electron chi connectivity index (χ3n) is 5.24. The van der Waals surface area contributed by atoms with Gasteiger partial charge in [-0.1, -0.05) is 18.2 Å². The summed E-state index contributed by atoms with van der Waals surface area (Å²) in [4.78, 5) is 44.2. The quantitative estimate of drug-likeness (QED) is 0.878. The summed E-state index contributed by atoms with van der Waals surface area (Å²) in [5.74, 6) is -0.0428. The van der Waals surface area contributed by atoms with Crippen LogP contribution < -0.4 is 15.5 Å². The maximum Gasteiger partial charge on any atom is 0.267 e. The van der Waals surface area contributed by atoms with Crippen LogP contribution in [0.5, 0.6) is 0 Å². The molecule has 1 aromatic heterocycles. The summed E-state index contributed by atoms with van der Waals surface area (Å²) < 4.78 is 0. The van der Waals surface area contributed by atoms with E-state index >= 15 is 0 Å². The maximum atomic E-state index is 13.0. The summed E-state index contributed by atoms with van der Waals surface area (Å²) in [7, 11) is 0. The SMILES string of the molecule is NC(=O)c1ccc2c(n1)N(C(=O)Cc1cccc(N3CCCC3=O)c1)CCC2. The van der Waals surface area contributed by atoms with Crippen molar-refractivity contribution < 1.29 is 14.4 Å². The van der Waals surface area contributed by atoms with E-state index in [9.17, 15) is 14.4 Å². The van der Waals surface area contributed by atoms with E-state index in [0.717, 1.165) is 42.6 Å². The number of nitrogens with zero attached hydrogens (tertiary/aromatic N) is 3. The molecule has 7 nitrogen and oxygen atoms in total. The highest BCUT2D eigenvalue weighted by molar-refractivity contribution is 5.98. The first-order valence-electron chi connectivity index (χ1n) is 9.52. The minimum Gasteiger partial charge on any atom is -0.364 e. The number of carbonyl (C=O) groups is 3. The molecule has 28 heavy (non-hydrogen) atoms. The Kier molecular flexibility index (Phi) is 4.81. The number of benzene rings is 1. The van der Waals surface area contributed by atoms with Crippen LogP contribution in [-0.4, -0.2) is 35.8 Å². The number of aryl methyl sites for hydroxylation is 1. The maximum absolute atomic E-state index is 13.0. The molecule has 0 atom stereocenters. The van der Waals surface area contributed by atoms with Crippen molar-refractivity contribution in [1.82, 2.24) is 4.98 Å². The van der Waals surface area contributed by atoms with E-state index in [1.54, 1.807) is 15.9 Å². The Morgan fingerprint density at radius 3 is 2.64 bits per heavy atom. The second-order valence-corrected chi connectivity index (χ2v) is 7.19. The lowest BCUT2D eigenvalue weighted by atomic mass is 10.0. The normalized spacial score (nSPS) is 16.2. The predicted octanol–water partition coefficient (Wildman–Crippen LogP) is 1.83. The van der Waals surface area contributed by atoms with E-state index in [2.05, 4.69) is 4.98 Å². The van der Waals surface area contributed by atoms with E-state index in [1.165, 1.54) is 0 Å². The summed E-state index contributed by atoms with van der Waals surface area (Å²) in [6.45, 7) is 1.28. The molecule has 2 aliphatic rings. The van der Waals surface area contributed by atoms with Gasteiger partial charge in [0.05, 0.1) is 6.42 Å². The Balaban J connectivity index is 1.56. The molecule has 2 N–H and O–H groups in total. The number of hydrogen-bond donors (Lipinski definition) is 1. The number of nitrogens with two attached hydrogens (primary N) is 1. The molecule has 4 rings (SSSR count). The third-order valence-corrected chi connectivity index (χ3v) is 5.24. The molecular weight excluding hydrogens is 356 g/mol. The molecular formula is C21H22N4O3. The van der Waals surface area contributed by atoms with Gasteiger partial charge in [0, 0.05) is 25.2 Å². The highest BCUT2D eigenvalue weighted by Crippen LogP contribution is 2.27. The van der Waals surface area contributed by atoms with Crippen molar-refractivity contribution in [3.05, 3.63) is 53.2 Å². The fourth-order valence-corrected chi connectivity index (χ4v) is 3.85. The fraction of sp³-hybridized carbons (Fsp3) is 0.333. The van der Waals surface area contributed by atoms with Crippen LogP contribution in [-0.2, 0) is 22.4 Å². The molecule has 0 spiro atoms. The van der Waals surface area contributed by atoms with E-state index in [1.807, 2.05) is 30.3 Å². The van der Waals surface area contributed by atoms with Crippen LogP contribution in [0, 0.1) is 0 Å². The van der Waals surface area contributed by atoms with Crippen molar-refractivity contribution in [3.8, 4) is 0 Å². The van der Waals surface area contributed by atoms with Gasteiger partial charge >= 0.3 is 0 Å². The molecule has 1 saturated heterocycles. The van der Waals surface area contributed by atoms with E-state index in [0.29, 0.717) is 18.8 Å². The number of amides is 3. The largest absolute Gasteiger partial charge is 0.364 e. The van der Waals surface area contributed by atoms with E-state index in [4.69, 9.17) is 5.73 Å². The van der Waals surface area contributed by atoms with Crippen molar-refractivity contribution in [3.63, 3.8) is 0 Å². The predicted molar refractivity (Wildman–Crippen MR) is 105 cm³/mol. The van der Waals surface area contributed by atoms with E-state index in [-0.39, 0.29) is 23.9 Å². The topological polar surface area (TPSA) is 96.6 Å². The summed E-state index contributed by atoms with van der Waals surface area (Å²) in [5.41, 5.74) is 8.13. The molecule has 0 aliphatic carbocycles. The number of primary amides is 1. The van der Waals surface area contributed by atoms with Crippen molar-refractivity contribution in [2.24, 2.45) is 5.73 Å². The highest BCUT2D eigenvalue weighted by atomic mass is 16.2. The molecule has 0 bridgehead atoms. The van der Waals surface area contributed by atoms with Crippen LogP contribution >= 0.6 is 0 Å². The monoisotopic (exact) mass is 378 g/mol. The second-order valence-electron chi connectivity index (χ2n) is 7.19. The Morgan fingerprint density at radius 2 is 1.89 bits per heavy atom. The number of fused-ring (bicyclic) bond motifs is 1. The van der Waals surface area contributed by atoms with Crippen LogP contribution in [0.15, 0.2) is 36.4 Å². The van der Waals surface area contributed by atoms with Gasteiger partial charge in [0.1, 0.15) is 11.5 Å². The lowest BCUT2D eigenvalue weighted by Gasteiger charge is -2.28. The zero-order valence-electron chi connectivity index (χ0n) is 15.6. The highest BCUT2D eigenvalue weighted by Gasteiger charge is 2.26. The fourth-order valence-electron chi connectivity index (χ4n) is 3.85. The first-order valence-corrected chi connectivity index (χ1v) is 9.52. The van der Waals surface area contributed by atoms with Gasteiger partial charge in [0.2, 0.25) is 11.8 Å². The van der Waals surface area contributed by atoms with Crippen LogP contribution in [0.2, 0.25) is 0 Å². The number of carbonyl (C=O) groups excluding carboxylic acids is 3. The van der Waals surface area contributed by atoms with E-state index < -0.39 is 5.91 Å². The zero-order valence-corrected chi connectivity index (χ0v) is 15.6. The molecule has 3 heterocycles. The molecule has 2 aromatic rings. The Bertz CT molecular complexity index is 956. The summed E-state index contributed by atoms with van der Waals surface area (Å²) in [5, 5.41) is 0. The Morgan fingerprint density at radius 1 is 1.07 bits per heavy atom. The van der Waals surface area contributed by atoms with Gasteiger partial charge in [-0.25, -0.2) is 4.98 Å². The number of hydrogen-bond acceptors (Lipinski definition) is 4. The van der Waals surface area contributed by atoms with Crippen molar-refractivity contribution in [2.45, 2.75) is 32.1 Å². The van der Waals surface area contributed by atoms with Gasteiger partial charge in [-0.15, -0.1) is 0 Å². The van der Waals surface area contributed by atoms with Crippen LogP contribution in [0.25, 0.3) is 0 Å². The summed E-state index contributed by atoms with van der Waals surface area (Å²) in [6, 6.07) is 11.0. The smallest absolute Gasteiger partial charge is 0.267 e. The first kappa shape index (κ1) is 18.2. The average molecular weight is 378 g/mol. The second kappa shape index (κ2) is 7.42. The third kappa shape index (κ3) is 3.47. The van der Waals surface area contributed by atoms with Crippen molar-refractivity contribution in [1.29, 1.82) is 0 Å². The number of pyridine rings is 1. The van der Waals surface area contributed by atoms with Gasteiger partial charge in [0.15, 0.2) is 0 Å². The first-order chi connectivity index (χ1) is 13.5. The van der Waals surface area contributed by atoms with Crippen LogP contribution in [0.4, 0.5) is 11.5 Å². The molecule has 2 aliphatic heterocycles. The number of aromatic nitrogens is 1. The van der Waals surface area contributed by atoms with Gasteiger partial charge in [-0.3, -0.25) is 19.3 Å². The Hall–Kier alpha value is -3.22. The molecule has 0 radical (unpaired) electrons. The zero-order chi connectivity index (χ0) is 19.7. The van der Waals surface area contributed by atoms with Crippen molar-refractivity contribution in [2.75, 3.05) is 22.9 Å². The van der Waals surface area contributed by atoms with Gasteiger partial charge < -0.3 is 10.6 Å². The molecule has 0 saturated carbocycles. The van der Waals surface area contributed by atoms with Crippen molar-refractivity contribution >= 4 is 29.2 Å². The van der Waals surface area contributed by atoms with Gasteiger partial charge in [0.25, 0.3) is 5.91 Å². The Labute approximate surface area is 163 Å². The lowest BCUT2D eigenvalue weighted by molar-refractivity contribution is -0.118. The molecule has 3 amide bonds. The number of rotatable bonds is 4.